The third kappa shape index (κ3) is 3.01. The molecule has 0 aliphatic carbocycles. The lowest BCUT2D eigenvalue weighted by Gasteiger charge is -2.13. The maximum absolute atomic E-state index is 11.9. The van der Waals surface area contributed by atoms with Crippen LogP contribution in [0, 0.1) is 6.92 Å². The van der Waals surface area contributed by atoms with Gasteiger partial charge in [0, 0.05) is 23.1 Å². The number of fused-ring (bicyclic) bond motifs is 2. The van der Waals surface area contributed by atoms with Crippen LogP contribution in [-0.4, -0.2) is 6.79 Å². The largest absolute Gasteiger partial charge is 0.489 e. The van der Waals surface area contributed by atoms with Crippen molar-refractivity contribution in [2.45, 2.75) is 33.3 Å². The van der Waals surface area contributed by atoms with Gasteiger partial charge >= 0.3 is 5.63 Å². The van der Waals surface area contributed by atoms with Crippen molar-refractivity contribution in [2.75, 3.05) is 6.79 Å². The number of benzene rings is 2. The molecule has 2 heterocycles. The molecular formula is C21H20O5. The molecule has 5 nitrogen and oxygen atoms in total. The summed E-state index contributed by atoms with van der Waals surface area (Å²) in [6, 6.07) is 10.9. The lowest BCUT2D eigenvalue weighted by atomic mass is 9.95. The highest BCUT2D eigenvalue weighted by Crippen LogP contribution is 2.35. The summed E-state index contributed by atoms with van der Waals surface area (Å²) in [5.41, 5.74) is 3.36. The highest BCUT2D eigenvalue weighted by Gasteiger charge is 2.15. The molecule has 3 aromatic rings. The highest BCUT2D eigenvalue weighted by atomic mass is 16.7. The van der Waals surface area contributed by atoms with Gasteiger partial charge in [0.05, 0.1) is 0 Å². The fourth-order valence-corrected chi connectivity index (χ4v) is 3.26. The van der Waals surface area contributed by atoms with Crippen LogP contribution < -0.4 is 19.8 Å². The van der Waals surface area contributed by atoms with Crippen molar-refractivity contribution in [3.05, 3.63) is 63.5 Å². The standard InChI is InChI=1S/C21H20O5/c1-12(2)16-9-17-14(7-21(22)26-19(17)6-13(16)3)10-23-15-4-5-18-20(8-15)25-11-24-18/h4-9,12H,10-11H2,1-3H3. The van der Waals surface area contributed by atoms with E-state index in [0.717, 1.165) is 16.5 Å². The van der Waals surface area contributed by atoms with E-state index in [1.165, 1.54) is 11.6 Å². The Bertz CT molecular complexity index is 1030. The van der Waals surface area contributed by atoms with Gasteiger partial charge in [0.2, 0.25) is 6.79 Å². The zero-order chi connectivity index (χ0) is 18.3. The van der Waals surface area contributed by atoms with E-state index in [-0.39, 0.29) is 19.0 Å². The van der Waals surface area contributed by atoms with Crippen molar-refractivity contribution >= 4 is 11.0 Å². The summed E-state index contributed by atoms with van der Waals surface area (Å²) in [5.74, 6) is 2.42. The number of ether oxygens (including phenoxy) is 3. The van der Waals surface area contributed by atoms with Gasteiger partial charge in [0.15, 0.2) is 11.5 Å². The van der Waals surface area contributed by atoms with Crippen molar-refractivity contribution in [1.82, 2.24) is 0 Å². The van der Waals surface area contributed by atoms with Crippen LogP contribution in [0.2, 0.25) is 0 Å². The van der Waals surface area contributed by atoms with Gasteiger partial charge in [-0.05, 0) is 48.2 Å². The fourth-order valence-electron chi connectivity index (χ4n) is 3.26. The first-order chi connectivity index (χ1) is 12.5. The molecule has 0 bridgehead atoms. The first-order valence-corrected chi connectivity index (χ1v) is 8.61. The van der Waals surface area contributed by atoms with E-state index in [1.807, 2.05) is 25.1 Å². The maximum atomic E-state index is 11.9. The Labute approximate surface area is 151 Å². The molecule has 0 amide bonds. The minimum atomic E-state index is -0.376. The van der Waals surface area contributed by atoms with Crippen molar-refractivity contribution < 1.29 is 18.6 Å². The first-order valence-electron chi connectivity index (χ1n) is 8.61. The van der Waals surface area contributed by atoms with Crippen molar-refractivity contribution in [2.24, 2.45) is 0 Å². The van der Waals surface area contributed by atoms with Crippen LogP contribution in [0.25, 0.3) is 11.0 Å². The average Bonchev–Trinajstić information content (AvgIpc) is 3.06. The average molecular weight is 352 g/mol. The highest BCUT2D eigenvalue weighted by molar-refractivity contribution is 5.82. The number of aryl methyl sites for hydroxylation is 1. The van der Waals surface area contributed by atoms with Crippen LogP contribution >= 0.6 is 0 Å². The molecule has 0 saturated carbocycles. The maximum Gasteiger partial charge on any atom is 0.336 e. The zero-order valence-corrected chi connectivity index (χ0v) is 15.0. The normalized spacial score (nSPS) is 12.8. The lowest BCUT2D eigenvalue weighted by molar-refractivity contribution is 0.173. The Hall–Kier alpha value is -2.95. The molecule has 1 aliphatic rings. The Balaban J connectivity index is 1.69. The molecule has 1 aliphatic heterocycles. The van der Waals surface area contributed by atoms with Crippen molar-refractivity contribution in [3.63, 3.8) is 0 Å². The molecule has 0 atom stereocenters. The lowest BCUT2D eigenvalue weighted by Crippen LogP contribution is -2.05. The number of hydrogen-bond donors (Lipinski definition) is 0. The Morgan fingerprint density at radius 2 is 1.88 bits per heavy atom. The molecule has 0 fully saturated rings. The van der Waals surface area contributed by atoms with Gasteiger partial charge in [-0.2, -0.15) is 0 Å². The molecule has 4 rings (SSSR count). The van der Waals surface area contributed by atoms with E-state index >= 15 is 0 Å². The van der Waals surface area contributed by atoms with E-state index in [9.17, 15) is 4.79 Å². The third-order valence-electron chi connectivity index (χ3n) is 4.58. The van der Waals surface area contributed by atoms with Gasteiger partial charge in [-0.3, -0.25) is 0 Å². The van der Waals surface area contributed by atoms with Crippen molar-refractivity contribution in [1.29, 1.82) is 0 Å². The second kappa shape index (κ2) is 6.41. The van der Waals surface area contributed by atoms with Crippen LogP contribution in [0.3, 0.4) is 0 Å². The van der Waals surface area contributed by atoms with E-state index in [4.69, 9.17) is 18.6 Å². The summed E-state index contributed by atoms with van der Waals surface area (Å²) in [5, 5.41) is 0.902. The predicted molar refractivity (Wildman–Crippen MR) is 98.2 cm³/mol. The second-order valence-electron chi connectivity index (χ2n) is 6.75. The molecule has 134 valence electrons. The summed E-state index contributed by atoms with van der Waals surface area (Å²) in [6.07, 6.45) is 0. The summed E-state index contributed by atoms with van der Waals surface area (Å²) >= 11 is 0. The quantitative estimate of drug-likeness (QED) is 0.646. The van der Waals surface area contributed by atoms with Gasteiger partial charge in [0.25, 0.3) is 0 Å². The van der Waals surface area contributed by atoms with Crippen LogP contribution in [0.4, 0.5) is 0 Å². The molecule has 0 saturated heterocycles. The van der Waals surface area contributed by atoms with E-state index in [0.29, 0.717) is 28.7 Å². The Morgan fingerprint density at radius 3 is 2.69 bits per heavy atom. The number of rotatable bonds is 4. The van der Waals surface area contributed by atoms with Crippen LogP contribution in [0.15, 0.2) is 45.6 Å². The molecule has 0 radical (unpaired) electrons. The van der Waals surface area contributed by atoms with Crippen molar-refractivity contribution in [3.8, 4) is 17.2 Å². The molecule has 0 unspecified atom stereocenters. The summed E-state index contributed by atoms with van der Waals surface area (Å²) in [7, 11) is 0. The van der Waals surface area contributed by atoms with Gasteiger partial charge in [-0.15, -0.1) is 0 Å². The van der Waals surface area contributed by atoms with Gasteiger partial charge < -0.3 is 18.6 Å². The molecule has 5 heteroatoms. The fraction of sp³-hybridized carbons (Fsp3) is 0.286. The van der Waals surface area contributed by atoms with Crippen LogP contribution in [0.5, 0.6) is 17.2 Å². The van der Waals surface area contributed by atoms with E-state index in [1.54, 1.807) is 6.07 Å². The van der Waals surface area contributed by atoms with Gasteiger partial charge in [-0.1, -0.05) is 13.8 Å². The molecular weight excluding hydrogens is 332 g/mol. The van der Waals surface area contributed by atoms with Gasteiger partial charge in [0.1, 0.15) is 17.9 Å². The zero-order valence-electron chi connectivity index (χ0n) is 15.0. The molecule has 1 aromatic heterocycles. The number of hydrogen-bond acceptors (Lipinski definition) is 5. The molecule has 26 heavy (non-hydrogen) atoms. The third-order valence-corrected chi connectivity index (χ3v) is 4.58. The van der Waals surface area contributed by atoms with E-state index in [2.05, 4.69) is 19.9 Å². The monoisotopic (exact) mass is 352 g/mol. The SMILES string of the molecule is Cc1cc2oc(=O)cc(COc3ccc4c(c3)OCO4)c2cc1C(C)C. The van der Waals surface area contributed by atoms with E-state index < -0.39 is 0 Å². The van der Waals surface area contributed by atoms with Gasteiger partial charge in [-0.25, -0.2) is 4.79 Å². The van der Waals surface area contributed by atoms with Crippen LogP contribution in [-0.2, 0) is 6.61 Å². The Kier molecular flexibility index (Phi) is 4.07. The minimum Gasteiger partial charge on any atom is -0.489 e. The molecule has 0 spiro atoms. The molecule has 2 aromatic carbocycles. The Morgan fingerprint density at radius 1 is 1.08 bits per heavy atom. The summed E-state index contributed by atoms with van der Waals surface area (Å²) < 4.78 is 22.0. The summed E-state index contributed by atoms with van der Waals surface area (Å²) in [4.78, 5) is 11.9. The smallest absolute Gasteiger partial charge is 0.336 e. The molecule has 0 N–H and O–H groups in total. The topological polar surface area (TPSA) is 57.9 Å². The van der Waals surface area contributed by atoms with Crippen LogP contribution in [0.1, 0.15) is 36.5 Å². The minimum absolute atomic E-state index is 0.223. The first kappa shape index (κ1) is 16.5. The predicted octanol–water partition coefficient (Wildman–Crippen LogP) is 4.53. The summed E-state index contributed by atoms with van der Waals surface area (Å²) in [6.45, 7) is 6.82. The second-order valence-corrected chi connectivity index (χ2v) is 6.75.